The third-order valence-corrected chi connectivity index (χ3v) is 2.82. The number of hydrogen-bond acceptors (Lipinski definition) is 2. The van der Waals surface area contributed by atoms with Crippen molar-refractivity contribution in [3.63, 3.8) is 0 Å². The van der Waals surface area contributed by atoms with Gasteiger partial charge in [-0.05, 0) is 37.8 Å². The minimum atomic E-state index is -0.102. The van der Waals surface area contributed by atoms with E-state index >= 15 is 0 Å². The van der Waals surface area contributed by atoms with Gasteiger partial charge in [0.05, 0.1) is 12.7 Å². The van der Waals surface area contributed by atoms with Gasteiger partial charge >= 0.3 is 0 Å². The first-order chi connectivity index (χ1) is 8.33. The molecule has 0 spiro atoms. The fourth-order valence-corrected chi connectivity index (χ4v) is 1.84. The zero-order valence-electron chi connectivity index (χ0n) is 10.8. The Balaban J connectivity index is 1.95. The van der Waals surface area contributed by atoms with E-state index < -0.39 is 0 Å². The van der Waals surface area contributed by atoms with Crippen LogP contribution in [0.5, 0.6) is 5.75 Å². The van der Waals surface area contributed by atoms with Crippen molar-refractivity contribution in [3.8, 4) is 5.75 Å². The number of unbranched alkanes of at least 4 members (excludes halogenated alkanes) is 2. The predicted octanol–water partition coefficient (Wildman–Crippen LogP) is 3.79. The summed E-state index contributed by atoms with van der Waals surface area (Å²) >= 11 is 0. The number of aliphatic hydroxyl groups is 1. The van der Waals surface area contributed by atoms with E-state index in [1.165, 1.54) is 0 Å². The van der Waals surface area contributed by atoms with Crippen molar-refractivity contribution in [2.75, 3.05) is 6.61 Å². The normalized spacial score (nSPS) is 12.4. The summed E-state index contributed by atoms with van der Waals surface area (Å²) in [4.78, 5) is 0. The molecule has 1 unspecified atom stereocenters. The summed E-state index contributed by atoms with van der Waals surface area (Å²) in [7, 11) is 0. The molecule has 0 bridgehead atoms. The molecule has 0 saturated heterocycles. The average Bonchev–Trinajstić information content (AvgIpc) is 2.35. The van der Waals surface area contributed by atoms with E-state index in [2.05, 4.69) is 6.92 Å². The smallest absolute Gasteiger partial charge is 0.119 e. The van der Waals surface area contributed by atoms with E-state index in [0.29, 0.717) is 0 Å². The Kier molecular flexibility index (Phi) is 7.48. The largest absolute Gasteiger partial charge is 0.494 e. The number of ether oxygens (including phenoxy) is 1. The molecule has 2 heteroatoms. The first kappa shape index (κ1) is 14.0. The molecule has 0 amide bonds. The molecule has 0 aliphatic heterocycles. The first-order valence-electron chi connectivity index (χ1n) is 6.69. The summed E-state index contributed by atoms with van der Waals surface area (Å²) < 4.78 is 5.60. The van der Waals surface area contributed by atoms with Crippen LogP contribution in [0.4, 0.5) is 0 Å². The van der Waals surface area contributed by atoms with Crippen molar-refractivity contribution in [3.05, 3.63) is 30.3 Å². The van der Waals surface area contributed by atoms with Crippen LogP contribution in [0.25, 0.3) is 0 Å². The molecule has 1 aromatic rings. The Hall–Kier alpha value is -1.02. The molecule has 17 heavy (non-hydrogen) atoms. The molecule has 1 atom stereocenters. The maximum atomic E-state index is 9.55. The summed E-state index contributed by atoms with van der Waals surface area (Å²) in [5.74, 6) is 0.943. The van der Waals surface area contributed by atoms with Crippen molar-refractivity contribution in [1.82, 2.24) is 0 Å². The predicted molar refractivity (Wildman–Crippen MR) is 71.3 cm³/mol. The van der Waals surface area contributed by atoms with Crippen LogP contribution in [-0.4, -0.2) is 17.8 Å². The molecule has 1 N–H and O–H groups in total. The summed E-state index contributed by atoms with van der Waals surface area (Å²) in [6.45, 7) is 2.88. The van der Waals surface area contributed by atoms with Gasteiger partial charge in [0.1, 0.15) is 5.75 Å². The van der Waals surface area contributed by atoms with E-state index in [-0.39, 0.29) is 6.10 Å². The number of benzene rings is 1. The molecule has 0 heterocycles. The minimum absolute atomic E-state index is 0.102. The summed E-state index contributed by atoms with van der Waals surface area (Å²) in [5.41, 5.74) is 0. The topological polar surface area (TPSA) is 29.5 Å². The molecule has 0 aliphatic carbocycles. The molecule has 0 aliphatic rings. The molecule has 1 rings (SSSR count). The van der Waals surface area contributed by atoms with Gasteiger partial charge in [-0.3, -0.25) is 0 Å². The van der Waals surface area contributed by atoms with E-state index in [1.54, 1.807) is 0 Å². The van der Waals surface area contributed by atoms with E-state index in [9.17, 15) is 5.11 Å². The van der Waals surface area contributed by atoms with Gasteiger partial charge in [-0.15, -0.1) is 0 Å². The number of para-hydroxylation sites is 1. The van der Waals surface area contributed by atoms with Crippen LogP contribution in [0, 0.1) is 0 Å². The van der Waals surface area contributed by atoms with Crippen molar-refractivity contribution in [2.24, 2.45) is 0 Å². The van der Waals surface area contributed by atoms with Gasteiger partial charge < -0.3 is 9.84 Å². The SMILES string of the molecule is CCCC(O)CCCCCOc1ccccc1. The lowest BCUT2D eigenvalue weighted by atomic mass is 10.1. The molecule has 0 fully saturated rings. The fraction of sp³-hybridized carbons (Fsp3) is 0.600. The minimum Gasteiger partial charge on any atom is -0.494 e. The zero-order chi connectivity index (χ0) is 12.3. The number of hydrogen-bond donors (Lipinski definition) is 1. The second-order valence-corrected chi connectivity index (χ2v) is 4.45. The Bertz CT molecular complexity index is 272. The van der Waals surface area contributed by atoms with Crippen LogP contribution < -0.4 is 4.74 Å². The lowest BCUT2D eigenvalue weighted by Gasteiger charge is -2.09. The van der Waals surface area contributed by atoms with Gasteiger partial charge in [-0.2, -0.15) is 0 Å². The molecular weight excluding hydrogens is 212 g/mol. The third-order valence-electron chi connectivity index (χ3n) is 2.82. The molecule has 0 aromatic heterocycles. The Labute approximate surface area is 105 Å². The lowest BCUT2D eigenvalue weighted by molar-refractivity contribution is 0.149. The fourth-order valence-electron chi connectivity index (χ4n) is 1.84. The molecule has 2 nitrogen and oxygen atoms in total. The van der Waals surface area contributed by atoms with Crippen LogP contribution in [-0.2, 0) is 0 Å². The first-order valence-corrected chi connectivity index (χ1v) is 6.69. The molecule has 0 saturated carbocycles. The molecule has 96 valence electrons. The van der Waals surface area contributed by atoms with E-state index in [0.717, 1.165) is 50.9 Å². The van der Waals surface area contributed by atoms with E-state index in [1.807, 2.05) is 30.3 Å². The van der Waals surface area contributed by atoms with Crippen molar-refractivity contribution >= 4 is 0 Å². The highest BCUT2D eigenvalue weighted by Gasteiger charge is 2.01. The second-order valence-electron chi connectivity index (χ2n) is 4.45. The van der Waals surface area contributed by atoms with Crippen molar-refractivity contribution in [2.45, 2.75) is 51.6 Å². The molecule has 1 aromatic carbocycles. The van der Waals surface area contributed by atoms with Gasteiger partial charge in [0.15, 0.2) is 0 Å². The van der Waals surface area contributed by atoms with Gasteiger partial charge in [0.25, 0.3) is 0 Å². The number of rotatable bonds is 9. The highest BCUT2D eigenvalue weighted by atomic mass is 16.5. The van der Waals surface area contributed by atoms with Crippen LogP contribution in [0.2, 0.25) is 0 Å². The average molecular weight is 236 g/mol. The van der Waals surface area contributed by atoms with Crippen LogP contribution in [0.3, 0.4) is 0 Å². The second kappa shape index (κ2) is 9.06. The highest BCUT2D eigenvalue weighted by Crippen LogP contribution is 2.11. The maximum Gasteiger partial charge on any atom is 0.119 e. The maximum absolute atomic E-state index is 9.55. The highest BCUT2D eigenvalue weighted by molar-refractivity contribution is 5.20. The quantitative estimate of drug-likeness (QED) is 0.661. The van der Waals surface area contributed by atoms with Crippen LogP contribution in [0.15, 0.2) is 30.3 Å². The third kappa shape index (κ3) is 7.01. The molecule has 0 radical (unpaired) electrons. The standard InChI is InChI=1S/C15H24O2/c1-2-9-14(16)10-5-4-8-13-17-15-11-6-3-7-12-15/h3,6-7,11-12,14,16H,2,4-5,8-10,13H2,1H3. The Morgan fingerprint density at radius 1 is 1.06 bits per heavy atom. The summed E-state index contributed by atoms with van der Waals surface area (Å²) in [6.07, 6.45) is 6.12. The lowest BCUT2D eigenvalue weighted by Crippen LogP contribution is -2.05. The summed E-state index contributed by atoms with van der Waals surface area (Å²) in [5, 5.41) is 9.55. The van der Waals surface area contributed by atoms with Crippen LogP contribution >= 0.6 is 0 Å². The summed E-state index contributed by atoms with van der Waals surface area (Å²) in [6, 6.07) is 9.91. The van der Waals surface area contributed by atoms with Crippen molar-refractivity contribution in [1.29, 1.82) is 0 Å². The number of aliphatic hydroxyl groups excluding tert-OH is 1. The van der Waals surface area contributed by atoms with Gasteiger partial charge in [-0.1, -0.05) is 38.0 Å². The molecular formula is C15H24O2. The van der Waals surface area contributed by atoms with Gasteiger partial charge in [0.2, 0.25) is 0 Å². The van der Waals surface area contributed by atoms with Crippen LogP contribution in [0.1, 0.15) is 45.4 Å². The Morgan fingerprint density at radius 2 is 1.82 bits per heavy atom. The zero-order valence-corrected chi connectivity index (χ0v) is 10.8. The van der Waals surface area contributed by atoms with E-state index in [4.69, 9.17) is 4.74 Å². The van der Waals surface area contributed by atoms with Gasteiger partial charge in [-0.25, -0.2) is 0 Å². The Morgan fingerprint density at radius 3 is 2.53 bits per heavy atom. The monoisotopic (exact) mass is 236 g/mol. The van der Waals surface area contributed by atoms with Crippen molar-refractivity contribution < 1.29 is 9.84 Å². The van der Waals surface area contributed by atoms with Gasteiger partial charge in [0, 0.05) is 0 Å².